The van der Waals surface area contributed by atoms with Crippen molar-refractivity contribution in [2.24, 2.45) is 0 Å². The zero-order valence-corrected chi connectivity index (χ0v) is 8.97. The van der Waals surface area contributed by atoms with Crippen molar-refractivity contribution in [3.63, 3.8) is 0 Å². The van der Waals surface area contributed by atoms with Gasteiger partial charge in [-0.2, -0.15) is 0 Å². The number of carbonyl (C=O) groups excluding carboxylic acids is 1. The van der Waals surface area contributed by atoms with Crippen LogP contribution in [0, 0.1) is 5.82 Å². The smallest absolute Gasteiger partial charge is 0.251 e. The first kappa shape index (κ1) is 9.96. The Morgan fingerprint density at radius 3 is 2.73 bits per heavy atom. The van der Waals surface area contributed by atoms with E-state index in [1.807, 2.05) is 0 Å². The molecule has 1 N–H and O–H groups in total. The van der Waals surface area contributed by atoms with Crippen molar-refractivity contribution in [2.45, 2.75) is 19.4 Å². The summed E-state index contributed by atoms with van der Waals surface area (Å²) in [7, 11) is 1.66. The summed E-state index contributed by atoms with van der Waals surface area (Å²) in [6, 6.07) is 4.39. The molecular formula is C11H13FN2O. The highest BCUT2D eigenvalue weighted by Gasteiger charge is 2.36. The molecule has 0 aliphatic carbocycles. The molecule has 15 heavy (non-hydrogen) atoms. The Morgan fingerprint density at radius 1 is 1.40 bits per heavy atom. The van der Waals surface area contributed by atoms with Crippen LogP contribution in [0.15, 0.2) is 18.2 Å². The summed E-state index contributed by atoms with van der Waals surface area (Å²) in [5, 5.41) is 3.09. The Kier molecular flexibility index (Phi) is 1.96. The number of nitrogens with one attached hydrogen (secondary N) is 1. The molecule has 1 aliphatic rings. The molecule has 3 nitrogen and oxygen atoms in total. The van der Waals surface area contributed by atoms with Gasteiger partial charge in [-0.1, -0.05) is 0 Å². The maximum absolute atomic E-state index is 13.0. The molecule has 0 saturated heterocycles. The SMILES string of the molecule is CN1C(=O)C(C)(C)Nc2ccc(F)cc21. The van der Waals surface area contributed by atoms with Crippen LogP contribution in [0.25, 0.3) is 0 Å². The Balaban J connectivity index is 2.55. The summed E-state index contributed by atoms with van der Waals surface area (Å²) < 4.78 is 13.0. The second-order valence-corrected chi connectivity index (χ2v) is 4.28. The molecule has 1 aliphatic heterocycles. The van der Waals surface area contributed by atoms with Crippen LogP contribution in [0.5, 0.6) is 0 Å². The summed E-state index contributed by atoms with van der Waals surface area (Å²) in [5.74, 6) is -0.407. The molecule has 1 aromatic rings. The molecule has 0 spiro atoms. The monoisotopic (exact) mass is 208 g/mol. The van der Waals surface area contributed by atoms with Gasteiger partial charge in [-0.15, -0.1) is 0 Å². The average molecular weight is 208 g/mol. The Hall–Kier alpha value is -1.58. The quantitative estimate of drug-likeness (QED) is 0.707. The van der Waals surface area contributed by atoms with Crippen molar-refractivity contribution >= 4 is 17.3 Å². The number of likely N-dealkylation sites (N-methyl/N-ethyl adjacent to an activating group) is 1. The van der Waals surface area contributed by atoms with Crippen LogP contribution >= 0.6 is 0 Å². The lowest BCUT2D eigenvalue weighted by molar-refractivity contribution is -0.121. The molecule has 1 amide bonds. The fourth-order valence-corrected chi connectivity index (χ4v) is 1.81. The first-order valence-electron chi connectivity index (χ1n) is 4.78. The summed E-state index contributed by atoms with van der Waals surface area (Å²) in [6.45, 7) is 3.61. The predicted octanol–water partition coefficient (Wildman–Crippen LogP) is 1.99. The lowest BCUT2D eigenvalue weighted by atomic mass is 9.98. The molecule has 2 rings (SSSR count). The second kappa shape index (κ2) is 2.95. The summed E-state index contributed by atoms with van der Waals surface area (Å²) in [6.07, 6.45) is 0. The maximum atomic E-state index is 13.0. The van der Waals surface area contributed by atoms with E-state index in [9.17, 15) is 9.18 Å². The minimum atomic E-state index is -0.639. The number of anilines is 2. The minimum Gasteiger partial charge on any atom is -0.370 e. The third kappa shape index (κ3) is 1.46. The molecule has 0 saturated carbocycles. The predicted molar refractivity (Wildman–Crippen MR) is 57.5 cm³/mol. The van der Waals surface area contributed by atoms with E-state index in [0.29, 0.717) is 5.69 Å². The first-order valence-corrected chi connectivity index (χ1v) is 4.78. The molecule has 1 aromatic carbocycles. The van der Waals surface area contributed by atoms with Crippen molar-refractivity contribution in [3.05, 3.63) is 24.0 Å². The van der Waals surface area contributed by atoms with Crippen LogP contribution in [0.3, 0.4) is 0 Å². The van der Waals surface area contributed by atoms with E-state index in [1.54, 1.807) is 27.0 Å². The van der Waals surface area contributed by atoms with Gasteiger partial charge in [0.2, 0.25) is 0 Å². The summed E-state index contributed by atoms with van der Waals surface area (Å²) >= 11 is 0. The summed E-state index contributed by atoms with van der Waals surface area (Å²) in [5.41, 5.74) is 0.724. The van der Waals surface area contributed by atoms with Gasteiger partial charge in [-0.05, 0) is 32.0 Å². The normalized spacial score (nSPS) is 18.4. The number of fused-ring (bicyclic) bond motifs is 1. The highest BCUT2D eigenvalue weighted by atomic mass is 19.1. The van der Waals surface area contributed by atoms with Gasteiger partial charge < -0.3 is 10.2 Å². The largest absolute Gasteiger partial charge is 0.370 e. The van der Waals surface area contributed by atoms with E-state index in [-0.39, 0.29) is 11.7 Å². The molecule has 0 fully saturated rings. The minimum absolute atomic E-state index is 0.0689. The third-order valence-electron chi connectivity index (χ3n) is 2.61. The van der Waals surface area contributed by atoms with Crippen LogP contribution in [0.2, 0.25) is 0 Å². The zero-order chi connectivity index (χ0) is 11.2. The van der Waals surface area contributed by atoms with E-state index < -0.39 is 5.54 Å². The summed E-state index contributed by atoms with van der Waals surface area (Å²) in [4.78, 5) is 13.3. The van der Waals surface area contributed by atoms with Crippen molar-refractivity contribution in [2.75, 3.05) is 17.3 Å². The van der Waals surface area contributed by atoms with Gasteiger partial charge in [0.1, 0.15) is 11.4 Å². The van der Waals surface area contributed by atoms with E-state index in [2.05, 4.69) is 5.32 Å². The van der Waals surface area contributed by atoms with E-state index >= 15 is 0 Å². The van der Waals surface area contributed by atoms with Crippen LogP contribution in [-0.2, 0) is 4.79 Å². The van der Waals surface area contributed by atoms with Crippen molar-refractivity contribution < 1.29 is 9.18 Å². The number of amides is 1. The van der Waals surface area contributed by atoms with Crippen molar-refractivity contribution in [3.8, 4) is 0 Å². The van der Waals surface area contributed by atoms with Gasteiger partial charge in [0.15, 0.2) is 0 Å². The molecular weight excluding hydrogens is 195 g/mol. The fourth-order valence-electron chi connectivity index (χ4n) is 1.81. The lowest BCUT2D eigenvalue weighted by Gasteiger charge is -2.37. The number of halogens is 1. The van der Waals surface area contributed by atoms with Crippen molar-refractivity contribution in [1.29, 1.82) is 0 Å². The van der Waals surface area contributed by atoms with Crippen LogP contribution in [-0.4, -0.2) is 18.5 Å². The maximum Gasteiger partial charge on any atom is 0.251 e. The van der Waals surface area contributed by atoms with E-state index in [4.69, 9.17) is 0 Å². The molecule has 0 aromatic heterocycles. The van der Waals surface area contributed by atoms with E-state index in [1.165, 1.54) is 17.0 Å². The fraction of sp³-hybridized carbons (Fsp3) is 0.364. The van der Waals surface area contributed by atoms with Gasteiger partial charge in [-0.3, -0.25) is 4.79 Å². The highest BCUT2D eigenvalue weighted by molar-refractivity contribution is 6.06. The van der Waals surface area contributed by atoms with Gasteiger partial charge in [0, 0.05) is 7.05 Å². The molecule has 4 heteroatoms. The average Bonchev–Trinajstić information content (AvgIpc) is 2.16. The topological polar surface area (TPSA) is 32.3 Å². The van der Waals surface area contributed by atoms with Gasteiger partial charge >= 0.3 is 0 Å². The van der Waals surface area contributed by atoms with Gasteiger partial charge in [0.25, 0.3) is 5.91 Å². The standard InChI is InChI=1S/C11H13FN2O/c1-11(2)10(15)14(3)9-6-7(12)4-5-8(9)13-11/h4-6,13H,1-3H3. The molecule has 0 bridgehead atoms. The molecule has 0 unspecified atom stereocenters. The molecule has 0 radical (unpaired) electrons. The molecule has 1 heterocycles. The van der Waals surface area contributed by atoms with Gasteiger partial charge in [0.05, 0.1) is 11.4 Å². The number of hydrogen-bond donors (Lipinski definition) is 1. The molecule has 80 valence electrons. The second-order valence-electron chi connectivity index (χ2n) is 4.28. The lowest BCUT2D eigenvalue weighted by Crippen LogP contribution is -2.52. The molecule has 0 atom stereocenters. The number of benzene rings is 1. The number of nitrogens with zero attached hydrogens (tertiary/aromatic N) is 1. The number of hydrogen-bond acceptors (Lipinski definition) is 2. The number of rotatable bonds is 0. The zero-order valence-electron chi connectivity index (χ0n) is 8.97. The van der Waals surface area contributed by atoms with Crippen LogP contribution in [0.4, 0.5) is 15.8 Å². The Morgan fingerprint density at radius 2 is 2.07 bits per heavy atom. The van der Waals surface area contributed by atoms with Crippen LogP contribution in [0.1, 0.15) is 13.8 Å². The Bertz CT molecular complexity index is 429. The number of carbonyl (C=O) groups is 1. The third-order valence-corrected chi connectivity index (χ3v) is 2.61. The van der Waals surface area contributed by atoms with Crippen molar-refractivity contribution in [1.82, 2.24) is 0 Å². The Labute approximate surface area is 87.9 Å². The first-order chi connectivity index (χ1) is 6.92. The van der Waals surface area contributed by atoms with Crippen LogP contribution < -0.4 is 10.2 Å². The van der Waals surface area contributed by atoms with E-state index in [0.717, 1.165) is 5.69 Å². The highest BCUT2D eigenvalue weighted by Crippen LogP contribution is 2.34. The van der Waals surface area contributed by atoms with Gasteiger partial charge in [-0.25, -0.2) is 4.39 Å².